The van der Waals surface area contributed by atoms with Crippen LogP contribution in [-0.2, 0) is 4.79 Å². The number of nitrogens with one attached hydrogen (secondary N) is 1. The monoisotopic (exact) mass is 248 g/mol. The van der Waals surface area contributed by atoms with Gasteiger partial charge in [-0.25, -0.2) is 0 Å². The third kappa shape index (κ3) is 4.67. The first kappa shape index (κ1) is 14.4. The van der Waals surface area contributed by atoms with Crippen molar-refractivity contribution in [3.63, 3.8) is 0 Å². The molecule has 0 saturated carbocycles. The summed E-state index contributed by atoms with van der Waals surface area (Å²) in [6.45, 7) is 5.78. The van der Waals surface area contributed by atoms with Gasteiger partial charge in [0.05, 0.1) is 5.60 Å². The van der Waals surface area contributed by atoms with E-state index in [1.165, 1.54) is 6.08 Å². The molecule has 1 unspecified atom stereocenters. The van der Waals surface area contributed by atoms with Gasteiger partial charge < -0.3 is 10.4 Å². The van der Waals surface area contributed by atoms with Gasteiger partial charge >= 0.3 is 0 Å². The molecular formula is C14H20N2O2. The predicted octanol–water partition coefficient (Wildman–Crippen LogP) is 1.62. The Balaban J connectivity index is 2.46. The molecule has 0 fully saturated rings. The number of carbonyl (C=O) groups is 1. The Morgan fingerprint density at radius 3 is 2.89 bits per heavy atom. The van der Waals surface area contributed by atoms with Crippen molar-refractivity contribution >= 4 is 12.0 Å². The maximum atomic E-state index is 11.6. The van der Waals surface area contributed by atoms with E-state index in [2.05, 4.69) is 10.3 Å². The summed E-state index contributed by atoms with van der Waals surface area (Å²) in [6.07, 6.45) is 6.48. The van der Waals surface area contributed by atoms with Crippen LogP contribution in [0.15, 0.2) is 30.6 Å². The van der Waals surface area contributed by atoms with Crippen molar-refractivity contribution in [1.82, 2.24) is 10.3 Å². The van der Waals surface area contributed by atoms with Crippen molar-refractivity contribution in [2.75, 3.05) is 6.54 Å². The summed E-state index contributed by atoms with van der Waals surface area (Å²) >= 11 is 0. The Hall–Kier alpha value is -1.68. The number of aliphatic hydroxyl groups is 1. The molecule has 0 aliphatic heterocycles. The first-order chi connectivity index (χ1) is 8.42. The minimum absolute atomic E-state index is 0.0834. The van der Waals surface area contributed by atoms with Crippen molar-refractivity contribution in [3.8, 4) is 0 Å². The second-order valence-electron chi connectivity index (χ2n) is 4.85. The van der Waals surface area contributed by atoms with Crippen molar-refractivity contribution in [3.05, 3.63) is 36.2 Å². The van der Waals surface area contributed by atoms with Crippen molar-refractivity contribution in [2.24, 2.45) is 5.92 Å². The van der Waals surface area contributed by atoms with Crippen LogP contribution >= 0.6 is 0 Å². The Morgan fingerprint density at radius 1 is 1.61 bits per heavy atom. The molecule has 0 aliphatic carbocycles. The fourth-order valence-corrected chi connectivity index (χ4v) is 1.18. The van der Waals surface area contributed by atoms with Gasteiger partial charge in [-0.1, -0.05) is 19.9 Å². The van der Waals surface area contributed by atoms with Gasteiger partial charge in [0, 0.05) is 25.0 Å². The van der Waals surface area contributed by atoms with E-state index in [1.54, 1.807) is 31.5 Å². The smallest absolute Gasteiger partial charge is 0.244 e. The summed E-state index contributed by atoms with van der Waals surface area (Å²) in [4.78, 5) is 15.5. The zero-order chi connectivity index (χ0) is 13.6. The molecule has 4 nitrogen and oxygen atoms in total. The van der Waals surface area contributed by atoms with Gasteiger partial charge in [0.1, 0.15) is 0 Å². The minimum Gasteiger partial charge on any atom is -0.388 e. The maximum absolute atomic E-state index is 11.6. The number of hydrogen-bond donors (Lipinski definition) is 2. The summed E-state index contributed by atoms with van der Waals surface area (Å²) in [5.74, 6) is -0.139. The Morgan fingerprint density at radius 2 is 2.33 bits per heavy atom. The molecule has 1 amide bonds. The lowest BCUT2D eigenvalue weighted by atomic mass is 9.92. The summed E-state index contributed by atoms with van der Waals surface area (Å²) in [6, 6.07) is 3.67. The van der Waals surface area contributed by atoms with E-state index in [0.29, 0.717) is 0 Å². The molecule has 0 bridgehead atoms. The second kappa shape index (κ2) is 6.31. The molecule has 18 heavy (non-hydrogen) atoms. The van der Waals surface area contributed by atoms with Crippen molar-refractivity contribution in [1.29, 1.82) is 0 Å². The molecule has 0 saturated heterocycles. The molecule has 98 valence electrons. The van der Waals surface area contributed by atoms with Gasteiger partial charge in [-0.15, -0.1) is 0 Å². The molecule has 1 heterocycles. The van der Waals surface area contributed by atoms with E-state index < -0.39 is 5.60 Å². The average molecular weight is 248 g/mol. The zero-order valence-corrected chi connectivity index (χ0v) is 11.1. The number of aromatic nitrogens is 1. The maximum Gasteiger partial charge on any atom is 0.244 e. The molecule has 2 N–H and O–H groups in total. The van der Waals surface area contributed by atoms with Crippen LogP contribution in [-0.4, -0.2) is 28.1 Å². The van der Waals surface area contributed by atoms with E-state index >= 15 is 0 Å². The van der Waals surface area contributed by atoms with E-state index in [0.717, 1.165) is 5.56 Å². The Labute approximate surface area is 108 Å². The van der Waals surface area contributed by atoms with Crippen LogP contribution in [0.5, 0.6) is 0 Å². The number of hydrogen-bond acceptors (Lipinski definition) is 3. The Bertz CT molecular complexity index is 411. The molecule has 1 aromatic heterocycles. The number of rotatable bonds is 5. The Kier molecular flexibility index (Phi) is 5.04. The van der Waals surface area contributed by atoms with E-state index in [9.17, 15) is 9.90 Å². The SMILES string of the molecule is CC(C)C(C)(O)CNC(=O)/C=C/c1cccnc1. The van der Waals surface area contributed by atoms with E-state index in [4.69, 9.17) is 0 Å². The zero-order valence-electron chi connectivity index (χ0n) is 11.1. The number of nitrogens with zero attached hydrogens (tertiary/aromatic N) is 1. The largest absolute Gasteiger partial charge is 0.388 e. The van der Waals surface area contributed by atoms with Crippen molar-refractivity contribution in [2.45, 2.75) is 26.4 Å². The van der Waals surface area contributed by atoms with Crippen molar-refractivity contribution < 1.29 is 9.90 Å². The van der Waals surface area contributed by atoms with Gasteiger partial charge in [-0.3, -0.25) is 9.78 Å². The predicted molar refractivity (Wildman–Crippen MR) is 71.7 cm³/mol. The van der Waals surface area contributed by atoms with Crippen LogP contribution in [0.4, 0.5) is 0 Å². The van der Waals surface area contributed by atoms with Gasteiger partial charge in [-0.05, 0) is 30.5 Å². The van der Waals surface area contributed by atoms with Crippen LogP contribution < -0.4 is 5.32 Å². The van der Waals surface area contributed by atoms with Crippen LogP contribution in [0.1, 0.15) is 26.3 Å². The molecule has 1 atom stereocenters. The van der Waals surface area contributed by atoms with E-state index in [-0.39, 0.29) is 18.4 Å². The third-order valence-electron chi connectivity index (χ3n) is 2.98. The molecule has 1 aromatic rings. The third-order valence-corrected chi connectivity index (χ3v) is 2.98. The summed E-state index contributed by atoms with van der Waals surface area (Å²) in [7, 11) is 0. The quantitative estimate of drug-likeness (QED) is 0.778. The summed E-state index contributed by atoms with van der Waals surface area (Å²) in [5.41, 5.74) is -0.0269. The van der Waals surface area contributed by atoms with E-state index in [1.807, 2.05) is 19.9 Å². The summed E-state index contributed by atoms with van der Waals surface area (Å²) < 4.78 is 0. The van der Waals surface area contributed by atoms with Gasteiger partial charge in [0.2, 0.25) is 5.91 Å². The first-order valence-corrected chi connectivity index (χ1v) is 6.00. The molecule has 4 heteroatoms. The highest BCUT2D eigenvalue weighted by atomic mass is 16.3. The topological polar surface area (TPSA) is 62.2 Å². The lowest BCUT2D eigenvalue weighted by molar-refractivity contribution is -0.118. The lowest BCUT2D eigenvalue weighted by Gasteiger charge is -2.27. The molecule has 1 rings (SSSR count). The molecule has 0 radical (unpaired) electrons. The molecule has 0 aliphatic rings. The highest BCUT2D eigenvalue weighted by molar-refractivity contribution is 5.91. The van der Waals surface area contributed by atoms with Gasteiger partial charge in [0.25, 0.3) is 0 Å². The normalized spacial score (nSPS) is 14.7. The van der Waals surface area contributed by atoms with Crippen LogP contribution in [0.3, 0.4) is 0 Å². The fraction of sp³-hybridized carbons (Fsp3) is 0.429. The highest BCUT2D eigenvalue weighted by Gasteiger charge is 2.24. The number of pyridine rings is 1. The van der Waals surface area contributed by atoms with Gasteiger partial charge in [0.15, 0.2) is 0 Å². The highest BCUT2D eigenvalue weighted by Crippen LogP contribution is 2.14. The number of amides is 1. The van der Waals surface area contributed by atoms with Crippen LogP contribution in [0.25, 0.3) is 6.08 Å². The van der Waals surface area contributed by atoms with Crippen LogP contribution in [0, 0.1) is 5.92 Å². The van der Waals surface area contributed by atoms with Crippen LogP contribution in [0.2, 0.25) is 0 Å². The second-order valence-corrected chi connectivity index (χ2v) is 4.85. The molecule has 0 aromatic carbocycles. The fourth-order valence-electron chi connectivity index (χ4n) is 1.18. The first-order valence-electron chi connectivity index (χ1n) is 6.00. The molecular weight excluding hydrogens is 228 g/mol. The summed E-state index contributed by atoms with van der Waals surface area (Å²) in [5, 5.41) is 12.7. The molecule has 0 spiro atoms. The van der Waals surface area contributed by atoms with Gasteiger partial charge in [-0.2, -0.15) is 0 Å². The lowest BCUT2D eigenvalue weighted by Crippen LogP contribution is -2.43. The minimum atomic E-state index is -0.891. The number of carbonyl (C=O) groups excluding carboxylic acids is 1. The standard InChI is InChI=1S/C14H20N2O2/c1-11(2)14(3,18)10-16-13(17)7-6-12-5-4-8-15-9-12/h4-9,11,18H,10H2,1-3H3,(H,16,17)/b7-6+. The average Bonchev–Trinajstić information content (AvgIpc) is 2.35.